The smallest absolute Gasteiger partial charge is 0.225 e. The minimum atomic E-state index is -0.231. The van der Waals surface area contributed by atoms with Gasteiger partial charge in [-0.15, -0.1) is 0 Å². The normalized spacial score (nSPS) is 12.3. The molecule has 2 heterocycles. The zero-order chi connectivity index (χ0) is 18.1. The Balaban J connectivity index is 1.85. The van der Waals surface area contributed by atoms with E-state index in [9.17, 15) is 9.59 Å². The van der Waals surface area contributed by atoms with Crippen molar-refractivity contribution in [3.05, 3.63) is 47.0 Å². The number of amides is 1. The van der Waals surface area contributed by atoms with E-state index in [1.807, 2.05) is 39.0 Å². The van der Waals surface area contributed by atoms with E-state index in [2.05, 4.69) is 10.5 Å². The molecule has 6 heteroatoms. The Hall–Kier alpha value is -2.89. The Bertz CT molecular complexity index is 932. The molecule has 3 aromatic rings. The summed E-state index contributed by atoms with van der Waals surface area (Å²) in [5.74, 6) is 0.410. The average molecular weight is 340 g/mol. The molecular formula is C19H20N2O4. The van der Waals surface area contributed by atoms with Crippen LogP contribution in [0.2, 0.25) is 0 Å². The second-order valence-corrected chi connectivity index (χ2v) is 6.25. The van der Waals surface area contributed by atoms with E-state index >= 15 is 0 Å². The highest BCUT2D eigenvalue weighted by Gasteiger charge is 2.23. The zero-order valence-electron chi connectivity index (χ0n) is 14.7. The number of ketones is 1. The summed E-state index contributed by atoms with van der Waals surface area (Å²) in [6.07, 6.45) is 0.250. The molecular weight excluding hydrogens is 320 g/mol. The maximum absolute atomic E-state index is 12.5. The van der Waals surface area contributed by atoms with Gasteiger partial charge in [-0.25, -0.2) is 0 Å². The van der Waals surface area contributed by atoms with Crippen LogP contribution in [-0.2, 0) is 4.79 Å². The first-order valence-corrected chi connectivity index (χ1v) is 8.13. The van der Waals surface area contributed by atoms with Gasteiger partial charge < -0.3 is 14.3 Å². The summed E-state index contributed by atoms with van der Waals surface area (Å²) in [5, 5.41) is 7.49. The maximum Gasteiger partial charge on any atom is 0.225 e. The number of hydrogen-bond acceptors (Lipinski definition) is 5. The van der Waals surface area contributed by atoms with Gasteiger partial charge in [0.25, 0.3) is 0 Å². The molecule has 0 spiro atoms. The van der Waals surface area contributed by atoms with Gasteiger partial charge in [0, 0.05) is 24.3 Å². The van der Waals surface area contributed by atoms with Crippen molar-refractivity contribution in [3.63, 3.8) is 0 Å². The van der Waals surface area contributed by atoms with Crippen molar-refractivity contribution in [2.45, 2.75) is 40.0 Å². The van der Waals surface area contributed by atoms with Crippen molar-refractivity contribution in [2.75, 3.05) is 5.32 Å². The predicted molar refractivity (Wildman–Crippen MR) is 93.9 cm³/mol. The molecule has 1 amide bonds. The summed E-state index contributed by atoms with van der Waals surface area (Å²) in [4.78, 5) is 24.4. The van der Waals surface area contributed by atoms with Crippen LogP contribution in [0.25, 0.3) is 11.0 Å². The highest BCUT2D eigenvalue weighted by molar-refractivity contribution is 6.10. The van der Waals surface area contributed by atoms with Crippen LogP contribution in [0.1, 0.15) is 53.8 Å². The van der Waals surface area contributed by atoms with Crippen molar-refractivity contribution in [2.24, 2.45) is 0 Å². The van der Waals surface area contributed by atoms with Gasteiger partial charge in [-0.3, -0.25) is 9.59 Å². The number of nitrogens with one attached hydrogen (secondary N) is 1. The Labute approximate surface area is 145 Å². The number of nitrogens with zero attached hydrogens (tertiary/aromatic N) is 1. The number of carbonyl (C=O) groups is 2. The van der Waals surface area contributed by atoms with Crippen molar-refractivity contribution in [3.8, 4) is 0 Å². The molecule has 2 aromatic heterocycles. The van der Waals surface area contributed by atoms with Crippen molar-refractivity contribution in [1.82, 2.24) is 5.16 Å². The zero-order valence-corrected chi connectivity index (χ0v) is 14.7. The molecule has 6 nitrogen and oxygen atoms in total. The third-order valence-electron chi connectivity index (χ3n) is 4.25. The van der Waals surface area contributed by atoms with Crippen molar-refractivity contribution < 1.29 is 18.5 Å². The summed E-state index contributed by atoms with van der Waals surface area (Å²) in [7, 11) is 0. The van der Waals surface area contributed by atoms with Gasteiger partial charge in [0.2, 0.25) is 5.91 Å². The number of para-hydroxylation sites is 1. The van der Waals surface area contributed by atoms with Gasteiger partial charge in [0.15, 0.2) is 11.5 Å². The predicted octanol–water partition coefficient (Wildman–Crippen LogP) is 4.37. The number of Topliss-reactive ketones (excluding diaryl/α,β-unsaturated/α-hetero) is 1. The fourth-order valence-electron chi connectivity index (χ4n) is 3.18. The fraction of sp³-hybridized carbons (Fsp3) is 0.316. The van der Waals surface area contributed by atoms with Gasteiger partial charge in [0.05, 0.1) is 11.4 Å². The SMILES string of the molecule is CC(=O)c1oc2ccccc2c1NC(=O)CC(C)c1c(C)noc1C. The van der Waals surface area contributed by atoms with E-state index in [0.29, 0.717) is 16.7 Å². The number of anilines is 1. The highest BCUT2D eigenvalue weighted by atomic mass is 16.5. The average Bonchev–Trinajstić information content (AvgIpc) is 3.08. The van der Waals surface area contributed by atoms with Crippen LogP contribution < -0.4 is 5.32 Å². The van der Waals surface area contributed by atoms with Crippen LogP contribution in [0.3, 0.4) is 0 Å². The maximum atomic E-state index is 12.5. The molecule has 1 atom stereocenters. The molecule has 0 bridgehead atoms. The lowest BCUT2D eigenvalue weighted by Crippen LogP contribution is -2.16. The standard InChI is InChI=1S/C19H20N2O4/c1-10(17-11(2)21-25-13(17)4)9-16(23)20-18-14-7-5-6-8-15(14)24-19(18)12(3)22/h5-8,10H,9H2,1-4H3,(H,20,23). The molecule has 0 aliphatic heterocycles. The Morgan fingerprint density at radius 3 is 2.60 bits per heavy atom. The largest absolute Gasteiger partial charge is 0.451 e. The summed E-state index contributed by atoms with van der Waals surface area (Å²) >= 11 is 0. The van der Waals surface area contributed by atoms with Crippen LogP contribution in [0, 0.1) is 13.8 Å². The monoisotopic (exact) mass is 340 g/mol. The number of rotatable bonds is 5. The summed E-state index contributed by atoms with van der Waals surface area (Å²) in [6.45, 7) is 7.06. The lowest BCUT2D eigenvalue weighted by Gasteiger charge is -2.11. The molecule has 0 aliphatic carbocycles. The Morgan fingerprint density at radius 1 is 1.24 bits per heavy atom. The van der Waals surface area contributed by atoms with Gasteiger partial charge in [-0.2, -0.15) is 0 Å². The lowest BCUT2D eigenvalue weighted by atomic mass is 9.96. The van der Waals surface area contributed by atoms with E-state index in [4.69, 9.17) is 8.94 Å². The van der Waals surface area contributed by atoms with Gasteiger partial charge in [-0.1, -0.05) is 24.2 Å². The van der Waals surface area contributed by atoms with Crippen LogP contribution in [0.4, 0.5) is 5.69 Å². The van der Waals surface area contributed by atoms with Crippen LogP contribution in [-0.4, -0.2) is 16.8 Å². The van der Waals surface area contributed by atoms with E-state index in [0.717, 1.165) is 17.0 Å². The van der Waals surface area contributed by atoms with Crippen molar-refractivity contribution >= 4 is 28.3 Å². The van der Waals surface area contributed by atoms with Crippen LogP contribution >= 0.6 is 0 Å². The molecule has 1 unspecified atom stereocenters. The van der Waals surface area contributed by atoms with Crippen LogP contribution in [0.15, 0.2) is 33.2 Å². The van der Waals surface area contributed by atoms with Gasteiger partial charge >= 0.3 is 0 Å². The van der Waals surface area contributed by atoms with E-state index < -0.39 is 0 Å². The Morgan fingerprint density at radius 2 is 1.96 bits per heavy atom. The summed E-state index contributed by atoms with van der Waals surface area (Å²) in [6, 6.07) is 7.24. The molecule has 25 heavy (non-hydrogen) atoms. The highest BCUT2D eigenvalue weighted by Crippen LogP contribution is 2.32. The molecule has 0 fully saturated rings. The molecule has 3 rings (SSSR count). The fourth-order valence-corrected chi connectivity index (χ4v) is 3.18. The van der Waals surface area contributed by atoms with E-state index in [-0.39, 0.29) is 29.8 Å². The third kappa shape index (κ3) is 3.20. The third-order valence-corrected chi connectivity index (χ3v) is 4.25. The first-order valence-electron chi connectivity index (χ1n) is 8.13. The molecule has 0 saturated heterocycles. The van der Waals surface area contributed by atoms with Gasteiger partial charge in [0.1, 0.15) is 11.3 Å². The lowest BCUT2D eigenvalue weighted by molar-refractivity contribution is -0.116. The summed E-state index contributed by atoms with van der Waals surface area (Å²) < 4.78 is 10.8. The Kier molecular flexibility index (Phi) is 4.44. The number of benzene rings is 1. The van der Waals surface area contributed by atoms with Crippen molar-refractivity contribution in [1.29, 1.82) is 0 Å². The quantitative estimate of drug-likeness (QED) is 0.697. The molecule has 1 N–H and O–H groups in total. The first-order chi connectivity index (χ1) is 11.9. The first kappa shape index (κ1) is 17.0. The number of aryl methyl sites for hydroxylation is 2. The second kappa shape index (κ2) is 6.55. The van der Waals surface area contributed by atoms with Crippen LogP contribution in [0.5, 0.6) is 0 Å². The topological polar surface area (TPSA) is 85.3 Å². The second-order valence-electron chi connectivity index (χ2n) is 6.25. The molecule has 1 aromatic carbocycles. The number of carbonyl (C=O) groups excluding carboxylic acids is 2. The van der Waals surface area contributed by atoms with E-state index in [1.54, 1.807) is 6.07 Å². The number of fused-ring (bicyclic) bond motifs is 1. The van der Waals surface area contributed by atoms with Gasteiger partial charge in [-0.05, 0) is 31.9 Å². The number of aromatic nitrogens is 1. The minimum Gasteiger partial charge on any atom is -0.451 e. The molecule has 0 radical (unpaired) electrons. The molecule has 0 saturated carbocycles. The number of furan rings is 1. The molecule has 0 aliphatic rings. The molecule has 130 valence electrons. The minimum absolute atomic E-state index is 0.0507. The van der Waals surface area contributed by atoms with E-state index in [1.165, 1.54) is 6.92 Å². The number of hydrogen-bond donors (Lipinski definition) is 1. The summed E-state index contributed by atoms with van der Waals surface area (Å²) in [5.41, 5.74) is 2.73.